The Kier molecular flexibility index (Phi) is 7.00. The van der Waals surface area contributed by atoms with E-state index in [0.29, 0.717) is 33.3 Å². The molecule has 0 fully saturated rings. The minimum Gasteiger partial charge on any atom is -0.497 e. The molecular weight excluding hydrogens is 422 g/mol. The fourth-order valence-corrected chi connectivity index (χ4v) is 3.05. The number of nitrogens with one attached hydrogen (secondary N) is 3. The van der Waals surface area contributed by atoms with E-state index in [1.807, 2.05) is 0 Å². The number of carbonyl (C=O) groups excluding carboxylic acids is 2. The zero-order valence-corrected chi connectivity index (χ0v) is 17.5. The lowest BCUT2D eigenvalue weighted by atomic mass is 10.2. The number of ether oxygens (including phenoxy) is 1. The van der Waals surface area contributed by atoms with Gasteiger partial charge in [-0.3, -0.25) is 14.9 Å². The van der Waals surface area contributed by atoms with Gasteiger partial charge in [0.05, 0.1) is 17.7 Å². The third-order valence-corrected chi connectivity index (χ3v) is 4.59. The van der Waals surface area contributed by atoms with Crippen LogP contribution >= 0.6 is 23.8 Å². The molecule has 0 aliphatic heterocycles. The van der Waals surface area contributed by atoms with Crippen LogP contribution in [0.1, 0.15) is 20.7 Å². The van der Waals surface area contributed by atoms with Crippen LogP contribution in [-0.4, -0.2) is 24.0 Å². The quantitative estimate of drug-likeness (QED) is 0.501. The Labute approximate surface area is 184 Å². The average molecular weight is 440 g/mol. The van der Waals surface area contributed by atoms with Gasteiger partial charge in [-0.05, 0) is 60.7 Å². The fraction of sp³-hybridized carbons (Fsp3) is 0.0455. The summed E-state index contributed by atoms with van der Waals surface area (Å²) in [5, 5.41) is 8.81. The molecule has 8 heteroatoms. The molecule has 3 rings (SSSR count). The molecule has 0 spiro atoms. The highest BCUT2D eigenvalue weighted by molar-refractivity contribution is 7.80. The summed E-state index contributed by atoms with van der Waals surface area (Å²) in [6, 6.07) is 20.5. The second-order valence-electron chi connectivity index (χ2n) is 6.15. The predicted octanol–water partition coefficient (Wildman–Crippen LogP) is 4.73. The number of amides is 2. The first kappa shape index (κ1) is 21.3. The molecule has 0 unspecified atom stereocenters. The molecule has 0 aromatic heterocycles. The molecule has 6 nitrogen and oxygen atoms in total. The molecule has 0 radical (unpaired) electrons. The van der Waals surface area contributed by atoms with Crippen LogP contribution in [0.25, 0.3) is 0 Å². The van der Waals surface area contributed by atoms with Crippen molar-refractivity contribution in [2.24, 2.45) is 0 Å². The number of carbonyl (C=O) groups is 2. The maximum Gasteiger partial charge on any atom is 0.257 e. The summed E-state index contributed by atoms with van der Waals surface area (Å²) in [6.45, 7) is 0. The Bertz CT molecular complexity index is 1100. The van der Waals surface area contributed by atoms with Gasteiger partial charge in [-0.25, -0.2) is 0 Å². The lowest BCUT2D eigenvalue weighted by Gasteiger charge is -2.12. The van der Waals surface area contributed by atoms with Gasteiger partial charge in [-0.15, -0.1) is 0 Å². The van der Waals surface area contributed by atoms with Crippen molar-refractivity contribution >= 4 is 52.1 Å². The highest BCUT2D eigenvalue weighted by Crippen LogP contribution is 2.19. The van der Waals surface area contributed by atoms with E-state index in [2.05, 4.69) is 16.0 Å². The molecule has 152 valence electrons. The number of hydrogen-bond donors (Lipinski definition) is 3. The van der Waals surface area contributed by atoms with Gasteiger partial charge in [0.1, 0.15) is 5.75 Å². The Balaban J connectivity index is 1.63. The molecule has 0 aliphatic carbocycles. The highest BCUT2D eigenvalue weighted by Gasteiger charge is 2.11. The van der Waals surface area contributed by atoms with Gasteiger partial charge in [0.15, 0.2) is 5.11 Å². The molecule has 0 saturated heterocycles. The minimum atomic E-state index is -0.366. The van der Waals surface area contributed by atoms with Crippen molar-refractivity contribution in [3.05, 3.63) is 88.9 Å². The van der Waals surface area contributed by atoms with E-state index in [9.17, 15) is 9.59 Å². The van der Waals surface area contributed by atoms with Crippen LogP contribution in [-0.2, 0) is 0 Å². The van der Waals surface area contributed by atoms with Gasteiger partial charge >= 0.3 is 0 Å². The van der Waals surface area contributed by atoms with E-state index in [1.54, 1.807) is 72.8 Å². The summed E-state index contributed by atoms with van der Waals surface area (Å²) in [4.78, 5) is 24.8. The lowest BCUT2D eigenvalue weighted by molar-refractivity contribution is 0.0976. The lowest BCUT2D eigenvalue weighted by Crippen LogP contribution is -2.34. The largest absolute Gasteiger partial charge is 0.497 e. The third-order valence-electron chi connectivity index (χ3n) is 4.06. The van der Waals surface area contributed by atoms with Crippen molar-refractivity contribution in [3.8, 4) is 5.75 Å². The van der Waals surface area contributed by atoms with E-state index >= 15 is 0 Å². The first-order valence-electron chi connectivity index (χ1n) is 8.88. The van der Waals surface area contributed by atoms with Gasteiger partial charge < -0.3 is 15.4 Å². The molecule has 0 atom stereocenters. The van der Waals surface area contributed by atoms with Crippen LogP contribution in [0.3, 0.4) is 0 Å². The maximum absolute atomic E-state index is 12.4. The molecule has 2 amide bonds. The first-order chi connectivity index (χ1) is 14.5. The summed E-state index contributed by atoms with van der Waals surface area (Å²) in [5.74, 6) is -0.121. The number of rotatable bonds is 5. The van der Waals surface area contributed by atoms with Crippen LogP contribution in [0.5, 0.6) is 5.75 Å². The molecular formula is C22H18ClN3O3S. The predicted molar refractivity (Wildman–Crippen MR) is 123 cm³/mol. The average Bonchev–Trinajstić information content (AvgIpc) is 2.74. The number of benzene rings is 3. The van der Waals surface area contributed by atoms with Crippen molar-refractivity contribution in [3.63, 3.8) is 0 Å². The molecule has 3 N–H and O–H groups in total. The van der Waals surface area contributed by atoms with E-state index in [-0.39, 0.29) is 16.9 Å². The molecule has 0 saturated carbocycles. The smallest absolute Gasteiger partial charge is 0.257 e. The number of thiocarbonyl (C=S) groups is 1. The van der Waals surface area contributed by atoms with Gasteiger partial charge in [0, 0.05) is 16.9 Å². The fourth-order valence-electron chi connectivity index (χ4n) is 2.62. The van der Waals surface area contributed by atoms with E-state index < -0.39 is 0 Å². The van der Waals surface area contributed by atoms with Crippen LogP contribution in [0.15, 0.2) is 72.8 Å². The van der Waals surface area contributed by atoms with Gasteiger partial charge in [0.25, 0.3) is 11.8 Å². The summed E-state index contributed by atoms with van der Waals surface area (Å²) < 4.78 is 5.12. The molecule has 3 aromatic carbocycles. The van der Waals surface area contributed by atoms with Crippen molar-refractivity contribution in [1.82, 2.24) is 5.32 Å². The van der Waals surface area contributed by atoms with Crippen molar-refractivity contribution in [1.29, 1.82) is 0 Å². The molecule has 0 aliphatic rings. The van der Waals surface area contributed by atoms with Gasteiger partial charge in [0.2, 0.25) is 0 Å². The van der Waals surface area contributed by atoms with Crippen LogP contribution in [0.2, 0.25) is 5.02 Å². The first-order valence-corrected chi connectivity index (χ1v) is 9.67. The molecule has 0 bridgehead atoms. The number of hydrogen-bond acceptors (Lipinski definition) is 4. The van der Waals surface area contributed by atoms with E-state index in [1.165, 1.54) is 7.11 Å². The summed E-state index contributed by atoms with van der Waals surface area (Å²) >= 11 is 11.3. The Hall–Kier alpha value is -3.42. The van der Waals surface area contributed by atoms with E-state index in [4.69, 9.17) is 28.6 Å². The zero-order chi connectivity index (χ0) is 21.5. The Morgan fingerprint density at radius 3 is 2.30 bits per heavy atom. The van der Waals surface area contributed by atoms with Gasteiger partial charge in [-0.1, -0.05) is 35.9 Å². The third kappa shape index (κ3) is 5.56. The van der Waals surface area contributed by atoms with Crippen LogP contribution in [0.4, 0.5) is 11.4 Å². The summed E-state index contributed by atoms with van der Waals surface area (Å²) in [6.07, 6.45) is 0. The van der Waals surface area contributed by atoms with Crippen molar-refractivity contribution in [2.45, 2.75) is 0 Å². The number of halogens is 1. The SMILES string of the molecule is COc1cccc(C(=O)NC(=S)Nc2cccc(NC(=O)c3ccccc3Cl)c2)c1. The number of anilines is 2. The van der Waals surface area contributed by atoms with Crippen molar-refractivity contribution < 1.29 is 14.3 Å². The molecule has 0 heterocycles. The standard InChI is InChI=1S/C22H18ClN3O3S/c1-29-17-9-4-6-14(12-17)20(27)26-22(30)25-16-8-5-7-15(13-16)24-21(28)18-10-2-3-11-19(18)23/h2-13H,1H3,(H,24,28)(H2,25,26,27,30). The Morgan fingerprint density at radius 2 is 1.57 bits per heavy atom. The van der Waals surface area contributed by atoms with Gasteiger partial charge in [-0.2, -0.15) is 0 Å². The monoisotopic (exact) mass is 439 g/mol. The topological polar surface area (TPSA) is 79.5 Å². The second kappa shape index (κ2) is 9.87. The summed E-state index contributed by atoms with van der Waals surface area (Å²) in [5.41, 5.74) is 1.94. The maximum atomic E-state index is 12.4. The Morgan fingerprint density at radius 1 is 0.867 bits per heavy atom. The van der Waals surface area contributed by atoms with Crippen molar-refractivity contribution in [2.75, 3.05) is 17.7 Å². The van der Waals surface area contributed by atoms with E-state index in [0.717, 1.165) is 0 Å². The minimum absolute atomic E-state index is 0.123. The highest BCUT2D eigenvalue weighted by atomic mass is 35.5. The zero-order valence-electron chi connectivity index (χ0n) is 15.9. The van der Waals surface area contributed by atoms with Crippen LogP contribution < -0.4 is 20.7 Å². The van der Waals surface area contributed by atoms with Crippen LogP contribution in [0, 0.1) is 0 Å². The number of methoxy groups -OCH3 is 1. The normalized spacial score (nSPS) is 10.1. The second-order valence-corrected chi connectivity index (χ2v) is 6.97. The molecule has 30 heavy (non-hydrogen) atoms. The summed E-state index contributed by atoms with van der Waals surface area (Å²) in [7, 11) is 1.53. The molecule has 3 aromatic rings.